The molecule has 0 aliphatic heterocycles. The highest BCUT2D eigenvalue weighted by Gasteiger charge is 2.12. The maximum absolute atomic E-state index is 11.9. The molecule has 0 saturated carbocycles. The predicted octanol–water partition coefficient (Wildman–Crippen LogP) is 0.405. The minimum atomic E-state index is -0.939. The lowest BCUT2D eigenvalue weighted by molar-refractivity contribution is 0.0938. The summed E-state index contributed by atoms with van der Waals surface area (Å²) in [5.41, 5.74) is 0.252. The summed E-state index contributed by atoms with van der Waals surface area (Å²) in [5.74, 6) is 0.684. The molecule has 0 bridgehead atoms. The first-order valence-electron chi connectivity index (χ1n) is 5.69. The van der Waals surface area contributed by atoms with Crippen molar-refractivity contribution in [3.05, 3.63) is 18.1 Å². The molecule has 0 aromatic carbocycles. The monoisotopic (exact) mass is 270 g/mol. The highest BCUT2D eigenvalue weighted by Crippen LogP contribution is 2.02. The average Bonchev–Trinajstić information content (AvgIpc) is 2.28. The number of hydrogen-bond acceptors (Lipinski definition) is 5. The molecular weight excluding hydrogens is 252 g/mol. The van der Waals surface area contributed by atoms with Gasteiger partial charge in [0, 0.05) is 35.4 Å². The fourth-order valence-corrected chi connectivity index (χ4v) is 2.22. The summed E-state index contributed by atoms with van der Waals surface area (Å²) >= 11 is 0. The molecule has 1 amide bonds. The Kier molecular flexibility index (Phi) is 5.70. The normalized spacial score (nSPS) is 13.7. The molecule has 0 aliphatic rings. The van der Waals surface area contributed by atoms with Crippen LogP contribution in [0.4, 0.5) is 5.82 Å². The second-order valence-corrected chi connectivity index (χ2v) is 5.41. The van der Waals surface area contributed by atoms with Gasteiger partial charge in [-0.15, -0.1) is 0 Å². The molecule has 1 aromatic heterocycles. The lowest BCUT2D eigenvalue weighted by Crippen LogP contribution is -2.36. The molecule has 18 heavy (non-hydrogen) atoms. The van der Waals surface area contributed by atoms with Crippen molar-refractivity contribution in [2.45, 2.75) is 19.9 Å². The maximum atomic E-state index is 11.9. The third-order valence-corrected chi connectivity index (χ3v) is 3.06. The third kappa shape index (κ3) is 4.79. The number of aromatic nitrogens is 2. The Hall–Kier alpha value is -1.50. The van der Waals surface area contributed by atoms with Crippen LogP contribution >= 0.6 is 0 Å². The van der Waals surface area contributed by atoms with Crippen LogP contribution in [0.5, 0.6) is 0 Å². The van der Waals surface area contributed by atoms with E-state index in [1.54, 1.807) is 19.4 Å². The Balaban J connectivity index is 2.66. The number of hydrogen-bond donors (Lipinski definition) is 2. The molecule has 2 unspecified atom stereocenters. The fraction of sp³-hybridized carbons (Fsp3) is 0.545. The standard InChI is InChI=1S/C11H18N4O2S/c1-4-13-10-6-12-5-9(15-10)11(16)14-8(2)7-18(3)17/h5-6,8H,4,7H2,1-3H3,(H,13,15)(H,14,16). The summed E-state index contributed by atoms with van der Waals surface area (Å²) < 4.78 is 11.0. The second kappa shape index (κ2) is 7.05. The van der Waals surface area contributed by atoms with E-state index in [4.69, 9.17) is 0 Å². The lowest BCUT2D eigenvalue weighted by Gasteiger charge is -2.12. The van der Waals surface area contributed by atoms with E-state index in [0.29, 0.717) is 18.1 Å². The highest BCUT2D eigenvalue weighted by molar-refractivity contribution is 7.84. The van der Waals surface area contributed by atoms with E-state index in [1.807, 2.05) is 6.92 Å². The molecule has 0 radical (unpaired) electrons. The summed E-state index contributed by atoms with van der Waals surface area (Å²) in [5, 5.41) is 5.72. The van der Waals surface area contributed by atoms with Gasteiger partial charge in [0.2, 0.25) is 0 Å². The van der Waals surface area contributed by atoms with Gasteiger partial charge in [0.25, 0.3) is 5.91 Å². The van der Waals surface area contributed by atoms with E-state index in [0.717, 1.165) is 0 Å². The van der Waals surface area contributed by atoms with Crippen LogP contribution in [0.1, 0.15) is 24.3 Å². The molecule has 2 atom stereocenters. The van der Waals surface area contributed by atoms with Crippen LogP contribution in [0.15, 0.2) is 12.4 Å². The van der Waals surface area contributed by atoms with Gasteiger partial charge in [0.1, 0.15) is 11.5 Å². The van der Waals surface area contributed by atoms with Crippen LogP contribution in [0.2, 0.25) is 0 Å². The molecule has 1 heterocycles. The number of anilines is 1. The SMILES string of the molecule is CCNc1cncc(C(=O)NC(C)CS(C)=O)n1. The zero-order chi connectivity index (χ0) is 13.5. The van der Waals surface area contributed by atoms with Crippen molar-refractivity contribution < 1.29 is 9.00 Å². The van der Waals surface area contributed by atoms with Gasteiger partial charge in [0.05, 0.1) is 12.4 Å². The summed E-state index contributed by atoms with van der Waals surface area (Å²) in [7, 11) is -0.939. The number of amides is 1. The van der Waals surface area contributed by atoms with Crippen LogP contribution in [-0.4, -0.2) is 44.7 Å². The summed E-state index contributed by atoms with van der Waals surface area (Å²) in [6.07, 6.45) is 4.57. The van der Waals surface area contributed by atoms with Crippen LogP contribution in [0, 0.1) is 0 Å². The Bertz CT molecular complexity index is 439. The molecule has 7 heteroatoms. The maximum Gasteiger partial charge on any atom is 0.271 e. The number of nitrogens with one attached hydrogen (secondary N) is 2. The highest BCUT2D eigenvalue weighted by atomic mass is 32.2. The largest absolute Gasteiger partial charge is 0.369 e. The average molecular weight is 270 g/mol. The number of rotatable bonds is 6. The molecule has 0 saturated heterocycles. The van der Waals surface area contributed by atoms with E-state index in [9.17, 15) is 9.00 Å². The van der Waals surface area contributed by atoms with Crippen LogP contribution < -0.4 is 10.6 Å². The number of carbonyl (C=O) groups is 1. The number of nitrogens with zero attached hydrogens (tertiary/aromatic N) is 2. The Morgan fingerprint density at radius 2 is 2.22 bits per heavy atom. The van der Waals surface area contributed by atoms with E-state index >= 15 is 0 Å². The molecule has 6 nitrogen and oxygen atoms in total. The van der Waals surface area contributed by atoms with Gasteiger partial charge in [-0.3, -0.25) is 14.0 Å². The third-order valence-electron chi connectivity index (χ3n) is 2.09. The topological polar surface area (TPSA) is 84.0 Å². The first kappa shape index (κ1) is 14.6. The van der Waals surface area contributed by atoms with Crippen molar-refractivity contribution in [1.82, 2.24) is 15.3 Å². The first-order valence-corrected chi connectivity index (χ1v) is 7.42. The summed E-state index contributed by atoms with van der Waals surface area (Å²) in [4.78, 5) is 19.9. The lowest BCUT2D eigenvalue weighted by atomic mass is 10.3. The fourth-order valence-electron chi connectivity index (χ4n) is 1.43. The van der Waals surface area contributed by atoms with Crippen LogP contribution in [0.3, 0.4) is 0 Å². The van der Waals surface area contributed by atoms with Gasteiger partial charge in [0.15, 0.2) is 0 Å². The van der Waals surface area contributed by atoms with Gasteiger partial charge in [-0.2, -0.15) is 0 Å². The molecule has 0 spiro atoms. The minimum absolute atomic E-state index is 0.159. The van der Waals surface area contributed by atoms with Gasteiger partial charge in [-0.25, -0.2) is 4.98 Å². The Morgan fingerprint density at radius 1 is 1.50 bits per heavy atom. The summed E-state index contributed by atoms with van der Waals surface area (Å²) in [6.45, 7) is 4.46. The van der Waals surface area contributed by atoms with Crippen molar-refractivity contribution in [2.75, 3.05) is 23.9 Å². The van der Waals surface area contributed by atoms with E-state index < -0.39 is 10.8 Å². The molecule has 1 aromatic rings. The van der Waals surface area contributed by atoms with E-state index in [1.165, 1.54) is 6.20 Å². The van der Waals surface area contributed by atoms with Crippen molar-refractivity contribution in [3.63, 3.8) is 0 Å². The van der Waals surface area contributed by atoms with Crippen molar-refractivity contribution in [1.29, 1.82) is 0 Å². The zero-order valence-corrected chi connectivity index (χ0v) is 11.6. The predicted molar refractivity (Wildman–Crippen MR) is 72.1 cm³/mol. The first-order chi connectivity index (χ1) is 8.52. The molecule has 100 valence electrons. The Labute approximate surface area is 109 Å². The van der Waals surface area contributed by atoms with Crippen LogP contribution in [-0.2, 0) is 10.8 Å². The van der Waals surface area contributed by atoms with Gasteiger partial charge in [-0.1, -0.05) is 0 Å². The van der Waals surface area contributed by atoms with Gasteiger partial charge < -0.3 is 10.6 Å². The van der Waals surface area contributed by atoms with E-state index in [-0.39, 0.29) is 17.6 Å². The van der Waals surface area contributed by atoms with E-state index in [2.05, 4.69) is 20.6 Å². The number of carbonyl (C=O) groups excluding carboxylic acids is 1. The molecule has 0 aliphatic carbocycles. The zero-order valence-electron chi connectivity index (χ0n) is 10.8. The molecule has 1 rings (SSSR count). The molecule has 0 fully saturated rings. The smallest absolute Gasteiger partial charge is 0.271 e. The van der Waals surface area contributed by atoms with Crippen molar-refractivity contribution >= 4 is 22.5 Å². The van der Waals surface area contributed by atoms with Gasteiger partial charge >= 0.3 is 0 Å². The quantitative estimate of drug-likeness (QED) is 0.782. The minimum Gasteiger partial charge on any atom is -0.369 e. The molecular formula is C11H18N4O2S. The van der Waals surface area contributed by atoms with Crippen LogP contribution in [0.25, 0.3) is 0 Å². The Morgan fingerprint density at radius 3 is 2.83 bits per heavy atom. The second-order valence-electron chi connectivity index (χ2n) is 3.93. The van der Waals surface area contributed by atoms with Crippen molar-refractivity contribution in [2.24, 2.45) is 0 Å². The molecule has 2 N–H and O–H groups in total. The summed E-state index contributed by atoms with van der Waals surface area (Å²) in [6, 6.07) is -0.159. The van der Waals surface area contributed by atoms with Gasteiger partial charge in [-0.05, 0) is 13.8 Å². The van der Waals surface area contributed by atoms with Crippen molar-refractivity contribution in [3.8, 4) is 0 Å².